The van der Waals surface area contributed by atoms with E-state index in [-0.39, 0.29) is 0 Å². The number of benzene rings is 1. The SMILES string of the molecule is CCc1nc2cc(N)ccc2n1CC1CCCOC1. The second-order valence-electron chi connectivity index (χ2n) is 5.32. The highest BCUT2D eigenvalue weighted by Gasteiger charge is 2.18. The Morgan fingerprint density at radius 3 is 3.11 bits per heavy atom. The third-order valence-corrected chi connectivity index (χ3v) is 3.86. The Bertz CT molecular complexity index is 570. The van der Waals surface area contributed by atoms with Gasteiger partial charge in [0, 0.05) is 31.2 Å². The molecule has 1 aromatic heterocycles. The summed E-state index contributed by atoms with van der Waals surface area (Å²) in [5.41, 5.74) is 8.82. The first-order chi connectivity index (χ1) is 9.28. The fourth-order valence-electron chi connectivity index (χ4n) is 2.88. The van der Waals surface area contributed by atoms with E-state index in [0.717, 1.165) is 43.2 Å². The van der Waals surface area contributed by atoms with Gasteiger partial charge in [-0.3, -0.25) is 0 Å². The molecule has 4 heteroatoms. The summed E-state index contributed by atoms with van der Waals surface area (Å²) in [6, 6.07) is 6.00. The Morgan fingerprint density at radius 2 is 2.37 bits per heavy atom. The first-order valence-corrected chi connectivity index (χ1v) is 7.10. The van der Waals surface area contributed by atoms with Crippen molar-refractivity contribution in [3.05, 3.63) is 24.0 Å². The van der Waals surface area contributed by atoms with Crippen LogP contribution in [0.15, 0.2) is 18.2 Å². The standard InChI is InChI=1S/C15H21N3O/c1-2-15-17-13-8-12(16)5-6-14(13)18(15)9-11-4-3-7-19-10-11/h5-6,8,11H,2-4,7,9-10,16H2,1H3. The lowest BCUT2D eigenvalue weighted by atomic mass is 10.0. The molecule has 1 aromatic carbocycles. The molecule has 19 heavy (non-hydrogen) atoms. The second kappa shape index (κ2) is 5.21. The topological polar surface area (TPSA) is 53.1 Å². The maximum atomic E-state index is 5.84. The van der Waals surface area contributed by atoms with Gasteiger partial charge < -0.3 is 15.0 Å². The Hall–Kier alpha value is -1.55. The molecule has 0 saturated carbocycles. The molecule has 2 aromatic rings. The monoisotopic (exact) mass is 259 g/mol. The first-order valence-electron chi connectivity index (χ1n) is 7.10. The fourth-order valence-corrected chi connectivity index (χ4v) is 2.88. The van der Waals surface area contributed by atoms with Gasteiger partial charge in [-0.05, 0) is 31.0 Å². The fraction of sp³-hybridized carbons (Fsp3) is 0.533. The molecule has 0 aliphatic carbocycles. The minimum Gasteiger partial charge on any atom is -0.399 e. The first kappa shape index (κ1) is 12.5. The smallest absolute Gasteiger partial charge is 0.109 e. The van der Waals surface area contributed by atoms with Crippen LogP contribution in [0.2, 0.25) is 0 Å². The van der Waals surface area contributed by atoms with Crippen LogP contribution in [0, 0.1) is 5.92 Å². The number of hydrogen-bond acceptors (Lipinski definition) is 3. The zero-order valence-electron chi connectivity index (χ0n) is 11.4. The summed E-state index contributed by atoms with van der Waals surface area (Å²) in [6.07, 6.45) is 3.37. The van der Waals surface area contributed by atoms with Crippen molar-refractivity contribution < 1.29 is 4.74 Å². The molecular weight excluding hydrogens is 238 g/mol. The molecule has 3 rings (SSSR count). The van der Waals surface area contributed by atoms with E-state index in [9.17, 15) is 0 Å². The van der Waals surface area contributed by atoms with Crippen LogP contribution in [0.5, 0.6) is 0 Å². The van der Waals surface area contributed by atoms with Crippen LogP contribution < -0.4 is 5.73 Å². The molecule has 0 spiro atoms. The van der Waals surface area contributed by atoms with Crippen LogP contribution in [0.25, 0.3) is 11.0 Å². The molecule has 4 nitrogen and oxygen atoms in total. The van der Waals surface area contributed by atoms with Gasteiger partial charge in [-0.2, -0.15) is 0 Å². The molecule has 2 N–H and O–H groups in total. The van der Waals surface area contributed by atoms with Gasteiger partial charge >= 0.3 is 0 Å². The largest absolute Gasteiger partial charge is 0.399 e. The van der Waals surface area contributed by atoms with Crippen molar-refractivity contribution in [1.82, 2.24) is 9.55 Å². The number of nitrogens with two attached hydrogens (primary N) is 1. The van der Waals surface area contributed by atoms with E-state index in [0.29, 0.717) is 5.92 Å². The highest BCUT2D eigenvalue weighted by atomic mass is 16.5. The summed E-state index contributed by atoms with van der Waals surface area (Å²) in [4.78, 5) is 4.70. The quantitative estimate of drug-likeness (QED) is 0.862. The van der Waals surface area contributed by atoms with E-state index < -0.39 is 0 Å². The van der Waals surface area contributed by atoms with Crippen LogP contribution in [0.3, 0.4) is 0 Å². The van der Waals surface area contributed by atoms with E-state index in [1.165, 1.54) is 18.4 Å². The lowest BCUT2D eigenvalue weighted by Gasteiger charge is -2.23. The molecule has 2 heterocycles. The average Bonchev–Trinajstić information content (AvgIpc) is 2.77. The summed E-state index contributed by atoms with van der Waals surface area (Å²) in [5.74, 6) is 1.75. The van der Waals surface area contributed by atoms with Gasteiger partial charge in [0.25, 0.3) is 0 Å². The molecule has 1 unspecified atom stereocenters. The molecule has 0 amide bonds. The van der Waals surface area contributed by atoms with Crippen molar-refractivity contribution in [3.63, 3.8) is 0 Å². The van der Waals surface area contributed by atoms with Crippen molar-refractivity contribution in [2.75, 3.05) is 18.9 Å². The number of nitrogens with zero attached hydrogens (tertiary/aromatic N) is 2. The number of imidazole rings is 1. The van der Waals surface area contributed by atoms with Gasteiger partial charge in [0.2, 0.25) is 0 Å². The third-order valence-electron chi connectivity index (χ3n) is 3.86. The number of rotatable bonds is 3. The predicted molar refractivity (Wildman–Crippen MR) is 77.1 cm³/mol. The summed E-state index contributed by atoms with van der Waals surface area (Å²) in [6.45, 7) is 4.94. The maximum Gasteiger partial charge on any atom is 0.109 e. The van der Waals surface area contributed by atoms with Gasteiger partial charge in [-0.1, -0.05) is 6.92 Å². The molecule has 1 aliphatic rings. The molecule has 1 atom stereocenters. The second-order valence-corrected chi connectivity index (χ2v) is 5.32. The lowest BCUT2D eigenvalue weighted by molar-refractivity contribution is 0.0485. The average molecular weight is 259 g/mol. The maximum absolute atomic E-state index is 5.84. The van der Waals surface area contributed by atoms with Crippen molar-refractivity contribution in [2.45, 2.75) is 32.7 Å². The number of anilines is 1. The summed E-state index contributed by atoms with van der Waals surface area (Å²) >= 11 is 0. The van der Waals surface area contributed by atoms with Gasteiger partial charge in [0.1, 0.15) is 5.82 Å². The van der Waals surface area contributed by atoms with Crippen LogP contribution in [0.4, 0.5) is 5.69 Å². The third kappa shape index (κ3) is 2.45. The van der Waals surface area contributed by atoms with E-state index in [1.54, 1.807) is 0 Å². The molecule has 0 bridgehead atoms. The number of nitrogen functional groups attached to an aromatic ring is 1. The van der Waals surface area contributed by atoms with Crippen LogP contribution in [-0.2, 0) is 17.7 Å². The summed E-state index contributed by atoms with van der Waals surface area (Å²) in [7, 11) is 0. The van der Waals surface area contributed by atoms with E-state index in [4.69, 9.17) is 15.5 Å². The Morgan fingerprint density at radius 1 is 1.47 bits per heavy atom. The highest BCUT2D eigenvalue weighted by molar-refractivity contribution is 5.79. The number of aryl methyl sites for hydroxylation is 1. The minimum atomic E-state index is 0.606. The van der Waals surface area contributed by atoms with E-state index in [1.807, 2.05) is 12.1 Å². The number of aromatic nitrogens is 2. The summed E-state index contributed by atoms with van der Waals surface area (Å²) in [5, 5.41) is 0. The normalized spacial score (nSPS) is 19.9. The van der Waals surface area contributed by atoms with Gasteiger partial charge in [-0.15, -0.1) is 0 Å². The highest BCUT2D eigenvalue weighted by Crippen LogP contribution is 2.23. The Labute approximate surface area is 113 Å². The minimum absolute atomic E-state index is 0.606. The van der Waals surface area contributed by atoms with Crippen molar-refractivity contribution in [2.24, 2.45) is 5.92 Å². The Balaban J connectivity index is 1.95. The van der Waals surface area contributed by atoms with Crippen molar-refractivity contribution >= 4 is 16.7 Å². The molecule has 1 aliphatic heterocycles. The predicted octanol–water partition coefficient (Wildman–Crippen LogP) is 2.61. The number of fused-ring (bicyclic) bond motifs is 1. The zero-order valence-corrected chi connectivity index (χ0v) is 11.4. The zero-order chi connectivity index (χ0) is 13.2. The molecule has 102 valence electrons. The van der Waals surface area contributed by atoms with Gasteiger partial charge in [0.05, 0.1) is 17.6 Å². The molecule has 0 radical (unpaired) electrons. The van der Waals surface area contributed by atoms with Crippen molar-refractivity contribution in [1.29, 1.82) is 0 Å². The molecule has 1 saturated heterocycles. The van der Waals surface area contributed by atoms with Crippen molar-refractivity contribution in [3.8, 4) is 0 Å². The lowest BCUT2D eigenvalue weighted by Crippen LogP contribution is -2.22. The molecule has 1 fully saturated rings. The number of ether oxygens (including phenoxy) is 1. The van der Waals surface area contributed by atoms with Gasteiger partial charge in [-0.25, -0.2) is 4.98 Å². The Kier molecular flexibility index (Phi) is 3.42. The van der Waals surface area contributed by atoms with E-state index in [2.05, 4.69) is 17.6 Å². The molecular formula is C15H21N3O. The van der Waals surface area contributed by atoms with Crippen LogP contribution >= 0.6 is 0 Å². The summed E-state index contributed by atoms with van der Waals surface area (Å²) < 4.78 is 7.92. The van der Waals surface area contributed by atoms with Gasteiger partial charge in [0.15, 0.2) is 0 Å². The van der Waals surface area contributed by atoms with Crippen LogP contribution in [0.1, 0.15) is 25.6 Å². The van der Waals surface area contributed by atoms with Crippen LogP contribution in [-0.4, -0.2) is 22.8 Å². The van der Waals surface area contributed by atoms with E-state index >= 15 is 0 Å². The number of hydrogen-bond donors (Lipinski definition) is 1.